The van der Waals surface area contributed by atoms with E-state index in [9.17, 15) is 9.90 Å². The van der Waals surface area contributed by atoms with Crippen molar-refractivity contribution in [3.05, 3.63) is 58.4 Å². The Balaban J connectivity index is 2.27. The van der Waals surface area contributed by atoms with E-state index in [0.717, 1.165) is 16.3 Å². The molecule has 1 aromatic carbocycles. The molecule has 0 amide bonds. The molecule has 2 aromatic rings. The number of hydrogen-bond acceptors (Lipinski definition) is 3. The first kappa shape index (κ1) is 14.6. The van der Waals surface area contributed by atoms with Crippen LogP contribution in [-0.2, 0) is 5.75 Å². The van der Waals surface area contributed by atoms with Gasteiger partial charge < -0.3 is 5.11 Å². The fourth-order valence-electron chi connectivity index (χ4n) is 2.13. The van der Waals surface area contributed by atoms with Gasteiger partial charge in [-0.2, -0.15) is 0 Å². The molecule has 0 fully saturated rings. The lowest BCUT2D eigenvalue weighted by Gasteiger charge is -2.10. The van der Waals surface area contributed by atoms with Gasteiger partial charge in [-0.05, 0) is 32.4 Å². The molecule has 20 heavy (non-hydrogen) atoms. The highest BCUT2D eigenvalue weighted by atomic mass is 32.2. The van der Waals surface area contributed by atoms with Gasteiger partial charge in [-0.15, -0.1) is 11.8 Å². The molecule has 3 nitrogen and oxygen atoms in total. The summed E-state index contributed by atoms with van der Waals surface area (Å²) in [6.45, 7) is 5.68. The fraction of sp³-hybridized carbons (Fsp3) is 0.250. The van der Waals surface area contributed by atoms with Crippen LogP contribution in [0, 0.1) is 20.8 Å². The van der Waals surface area contributed by atoms with Crippen LogP contribution in [0.4, 0.5) is 0 Å². The third-order valence-corrected chi connectivity index (χ3v) is 4.09. The highest BCUT2D eigenvalue weighted by Gasteiger charge is 2.15. The number of carbonyl (C=O) groups is 1. The van der Waals surface area contributed by atoms with Gasteiger partial charge in [0.25, 0.3) is 0 Å². The van der Waals surface area contributed by atoms with E-state index >= 15 is 0 Å². The highest BCUT2D eigenvalue weighted by Crippen LogP contribution is 2.28. The summed E-state index contributed by atoms with van der Waals surface area (Å²) in [5, 5.41) is 9.33. The van der Waals surface area contributed by atoms with Crippen molar-refractivity contribution >= 4 is 17.7 Å². The third-order valence-electron chi connectivity index (χ3n) is 2.98. The summed E-state index contributed by atoms with van der Waals surface area (Å²) >= 11 is 1.54. The number of aryl methyl sites for hydroxylation is 3. The van der Waals surface area contributed by atoms with Crippen molar-refractivity contribution in [1.29, 1.82) is 0 Å². The molecule has 0 saturated heterocycles. The Kier molecular flexibility index (Phi) is 4.45. The van der Waals surface area contributed by atoms with Crippen molar-refractivity contribution in [2.24, 2.45) is 0 Å². The van der Waals surface area contributed by atoms with Gasteiger partial charge >= 0.3 is 5.97 Å². The van der Waals surface area contributed by atoms with E-state index in [0.29, 0.717) is 11.3 Å². The number of rotatable bonds is 4. The van der Waals surface area contributed by atoms with Crippen LogP contribution in [0.25, 0.3) is 0 Å². The lowest BCUT2D eigenvalue weighted by atomic mass is 10.2. The molecule has 0 saturated carbocycles. The zero-order valence-corrected chi connectivity index (χ0v) is 12.6. The van der Waals surface area contributed by atoms with Gasteiger partial charge in [-0.25, -0.2) is 4.79 Å². The summed E-state index contributed by atoms with van der Waals surface area (Å²) in [6, 6.07) is 10.1. The zero-order chi connectivity index (χ0) is 14.7. The smallest absolute Gasteiger partial charge is 0.338 e. The van der Waals surface area contributed by atoms with E-state index < -0.39 is 5.97 Å². The molecular formula is C16H17NO2S. The van der Waals surface area contributed by atoms with Gasteiger partial charge in [-0.3, -0.25) is 4.98 Å². The van der Waals surface area contributed by atoms with Gasteiger partial charge in [0.2, 0.25) is 0 Å². The monoisotopic (exact) mass is 287 g/mol. The maximum Gasteiger partial charge on any atom is 0.338 e. The molecule has 0 spiro atoms. The summed E-state index contributed by atoms with van der Waals surface area (Å²) in [4.78, 5) is 16.4. The molecular weight excluding hydrogens is 270 g/mol. The average Bonchev–Trinajstić information content (AvgIpc) is 2.35. The number of carboxylic acids is 1. The van der Waals surface area contributed by atoms with Gasteiger partial charge in [0.05, 0.1) is 11.3 Å². The molecule has 104 valence electrons. The Bertz CT molecular complexity index is 653. The molecule has 2 rings (SSSR count). The van der Waals surface area contributed by atoms with Gasteiger partial charge in [0, 0.05) is 16.3 Å². The Morgan fingerprint density at radius 1 is 1.25 bits per heavy atom. The molecule has 0 aliphatic heterocycles. The summed E-state index contributed by atoms with van der Waals surface area (Å²) in [6.07, 6.45) is 0. The van der Waals surface area contributed by atoms with Gasteiger partial charge in [0.1, 0.15) is 0 Å². The number of hydrogen-bond donors (Lipinski definition) is 1. The molecule has 1 heterocycles. The predicted molar refractivity (Wildman–Crippen MR) is 81.4 cm³/mol. The van der Waals surface area contributed by atoms with Crippen LogP contribution < -0.4 is 0 Å². The summed E-state index contributed by atoms with van der Waals surface area (Å²) in [5.41, 5.74) is 4.14. The Labute approximate surface area is 123 Å². The number of aromatic nitrogens is 1. The number of nitrogens with zero attached hydrogens (tertiary/aromatic N) is 1. The number of thioether (sulfide) groups is 1. The first-order valence-electron chi connectivity index (χ1n) is 6.37. The van der Waals surface area contributed by atoms with E-state index in [1.54, 1.807) is 18.7 Å². The third kappa shape index (κ3) is 3.39. The van der Waals surface area contributed by atoms with Crippen molar-refractivity contribution in [2.45, 2.75) is 31.4 Å². The molecule has 0 aliphatic carbocycles. The van der Waals surface area contributed by atoms with Crippen LogP contribution in [0.5, 0.6) is 0 Å². The average molecular weight is 287 g/mol. The van der Waals surface area contributed by atoms with E-state index in [1.807, 2.05) is 19.1 Å². The molecule has 0 radical (unpaired) electrons. The van der Waals surface area contributed by atoms with Crippen molar-refractivity contribution < 1.29 is 9.90 Å². The number of carboxylic acid groups (broad SMARTS) is 1. The first-order chi connectivity index (χ1) is 9.47. The van der Waals surface area contributed by atoms with Crippen LogP contribution >= 0.6 is 11.8 Å². The number of benzene rings is 1. The van der Waals surface area contributed by atoms with Gasteiger partial charge in [-0.1, -0.05) is 29.8 Å². The summed E-state index contributed by atoms with van der Waals surface area (Å²) < 4.78 is 0. The van der Waals surface area contributed by atoms with Crippen LogP contribution in [0.15, 0.2) is 35.2 Å². The second-order valence-electron chi connectivity index (χ2n) is 4.81. The Hall–Kier alpha value is -1.81. The molecule has 1 aromatic heterocycles. The zero-order valence-electron chi connectivity index (χ0n) is 11.8. The quantitative estimate of drug-likeness (QED) is 0.864. The maximum absolute atomic E-state index is 11.4. The van der Waals surface area contributed by atoms with Crippen LogP contribution in [0.3, 0.4) is 0 Å². The minimum Gasteiger partial charge on any atom is -0.478 e. The second kappa shape index (κ2) is 6.09. The molecule has 1 N–H and O–H groups in total. The summed E-state index contributed by atoms with van der Waals surface area (Å²) in [5.74, 6) is -0.160. The van der Waals surface area contributed by atoms with Crippen molar-refractivity contribution in [3.63, 3.8) is 0 Å². The molecule has 0 aliphatic rings. The van der Waals surface area contributed by atoms with Gasteiger partial charge in [0.15, 0.2) is 0 Å². The second-order valence-corrected chi connectivity index (χ2v) is 5.82. The Morgan fingerprint density at radius 2 is 2.00 bits per heavy atom. The molecule has 4 heteroatoms. The van der Waals surface area contributed by atoms with E-state index in [4.69, 9.17) is 0 Å². The number of aromatic carboxylic acids is 1. The normalized spacial score (nSPS) is 10.6. The van der Waals surface area contributed by atoms with Crippen molar-refractivity contribution in [2.75, 3.05) is 0 Å². The molecule has 0 atom stereocenters. The fourth-order valence-corrected chi connectivity index (χ4v) is 3.26. The number of pyridine rings is 1. The van der Waals surface area contributed by atoms with E-state index in [-0.39, 0.29) is 0 Å². The van der Waals surface area contributed by atoms with Crippen LogP contribution in [0.2, 0.25) is 0 Å². The van der Waals surface area contributed by atoms with E-state index in [2.05, 4.69) is 30.1 Å². The molecule has 0 bridgehead atoms. The maximum atomic E-state index is 11.4. The minimum absolute atomic E-state index is 0.313. The predicted octanol–water partition coefficient (Wildman–Crippen LogP) is 4.00. The lowest BCUT2D eigenvalue weighted by Crippen LogP contribution is -2.05. The topological polar surface area (TPSA) is 50.2 Å². The molecule has 0 unspecified atom stereocenters. The summed E-state index contributed by atoms with van der Waals surface area (Å²) in [7, 11) is 0. The van der Waals surface area contributed by atoms with Crippen molar-refractivity contribution in [3.8, 4) is 0 Å². The minimum atomic E-state index is -0.915. The first-order valence-corrected chi connectivity index (χ1v) is 7.36. The lowest BCUT2D eigenvalue weighted by molar-refractivity contribution is 0.0691. The largest absolute Gasteiger partial charge is 0.478 e. The Morgan fingerprint density at radius 3 is 2.65 bits per heavy atom. The standard InChI is InChI=1S/C16H17NO2S/c1-10-5-4-6-13(7-10)9-20-14-8-11(2)17-12(3)15(14)16(18)19/h4-8H,9H2,1-3H3,(H,18,19). The van der Waals surface area contributed by atoms with E-state index in [1.165, 1.54) is 11.1 Å². The van der Waals surface area contributed by atoms with Crippen LogP contribution in [0.1, 0.15) is 32.9 Å². The van der Waals surface area contributed by atoms with Crippen molar-refractivity contribution in [1.82, 2.24) is 4.98 Å². The van der Waals surface area contributed by atoms with Crippen LogP contribution in [-0.4, -0.2) is 16.1 Å². The highest BCUT2D eigenvalue weighted by molar-refractivity contribution is 7.98. The SMILES string of the molecule is Cc1cccc(CSc2cc(C)nc(C)c2C(=O)O)c1.